The second kappa shape index (κ2) is 3.31. The highest BCUT2D eigenvalue weighted by Gasteiger charge is 2.17. The minimum atomic E-state index is 0.118. The number of halogens is 1. The van der Waals surface area contributed by atoms with Crippen LogP contribution in [-0.4, -0.2) is 12.0 Å². The van der Waals surface area contributed by atoms with E-state index in [-0.39, 0.29) is 6.17 Å². The van der Waals surface area contributed by atoms with E-state index in [1.807, 2.05) is 0 Å². The van der Waals surface area contributed by atoms with Gasteiger partial charge in [0, 0.05) is 16.8 Å². The molecule has 0 saturated heterocycles. The first-order valence-electron chi connectivity index (χ1n) is 4.99. The average Bonchev–Trinajstić information content (AvgIpc) is 2.29. The van der Waals surface area contributed by atoms with Gasteiger partial charge in [0.1, 0.15) is 6.17 Å². The molecule has 2 nitrogen and oxygen atoms in total. The Morgan fingerprint density at radius 3 is 2.13 bits per heavy atom. The molecule has 0 atom stereocenters. The minimum Gasteiger partial charge on any atom is -0.364 e. The predicted octanol–water partition coefficient (Wildman–Crippen LogP) is 3.24. The van der Waals surface area contributed by atoms with Crippen molar-refractivity contribution in [3.8, 4) is 0 Å². The fraction of sp³-hybridized carbons (Fsp3) is 0.167. The van der Waals surface area contributed by atoms with Crippen LogP contribution in [0, 0.1) is 0 Å². The Kier molecular flexibility index (Phi) is 1.96. The van der Waals surface area contributed by atoms with E-state index in [1.165, 1.54) is 10.8 Å². The van der Waals surface area contributed by atoms with Crippen molar-refractivity contribution < 1.29 is 0 Å². The van der Waals surface area contributed by atoms with Gasteiger partial charge in [0.05, 0.1) is 5.88 Å². The van der Waals surface area contributed by atoms with E-state index in [9.17, 15) is 0 Å². The summed E-state index contributed by atoms with van der Waals surface area (Å²) in [4.78, 5) is 0. The van der Waals surface area contributed by atoms with Gasteiger partial charge >= 0.3 is 0 Å². The van der Waals surface area contributed by atoms with Gasteiger partial charge in [-0.1, -0.05) is 24.3 Å². The van der Waals surface area contributed by atoms with Gasteiger partial charge in [-0.25, -0.2) is 0 Å². The quantitative estimate of drug-likeness (QED) is 0.719. The molecular formula is C12H11ClN2. The Morgan fingerprint density at radius 1 is 1.00 bits per heavy atom. The largest absolute Gasteiger partial charge is 0.364 e. The van der Waals surface area contributed by atoms with Crippen molar-refractivity contribution in [3.63, 3.8) is 0 Å². The molecule has 0 aromatic heterocycles. The van der Waals surface area contributed by atoms with Gasteiger partial charge in [-0.15, -0.1) is 11.6 Å². The monoisotopic (exact) mass is 218 g/mol. The molecule has 0 aliphatic carbocycles. The lowest BCUT2D eigenvalue weighted by Crippen LogP contribution is -2.33. The van der Waals surface area contributed by atoms with Gasteiger partial charge in [-0.2, -0.15) is 0 Å². The summed E-state index contributed by atoms with van der Waals surface area (Å²) in [6, 6.07) is 12.5. The van der Waals surface area contributed by atoms with Gasteiger partial charge < -0.3 is 10.6 Å². The Balaban J connectivity index is 2.27. The molecule has 0 bridgehead atoms. The molecule has 2 aromatic rings. The maximum Gasteiger partial charge on any atom is 0.110 e. The summed E-state index contributed by atoms with van der Waals surface area (Å²) in [5.74, 6) is 0.546. The number of alkyl halides is 1. The molecule has 3 rings (SSSR count). The summed E-state index contributed by atoms with van der Waals surface area (Å²) in [6.07, 6.45) is 0.118. The zero-order valence-corrected chi connectivity index (χ0v) is 8.88. The fourth-order valence-corrected chi connectivity index (χ4v) is 2.22. The number of rotatable bonds is 1. The van der Waals surface area contributed by atoms with E-state index in [2.05, 4.69) is 47.0 Å². The summed E-state index contributed by atoms with van der Waals surface area (Å²) in [7, 11) is 0. The predicted molar refractivity (Wildman–Crippen MR) is 65.7 cm³/mol. The fourth-order valence-electron chi connectivity index (χ4n) is 2.07. The molecule has 3 heteroatoms. The summed E-state index contributed by atoms with van der Waals surface area (Å²) in [5.41, 5.74) is 2.32. The molecule has 0 unspecified atom stereocenters. The van der Waals surface area contributed by atoms with Gasteiger partial charge in [0.2, 0.25) is 0 Å². The third-order valence-electron chi connectivity index (χ3n) is 2.72. The number of nitrogens with one attached hydrogen (secondary N) is 2. The Morgan fingerprint density at radius 2 is 1.60 bits per heavy atom. The highest BCUT2D eigenvalue weighted by Crippen LogP contribution is 2.34. The number of hydrogen-bond acceptors (Lipinski definition) is 2. The Bertz CT molecular complexity index is 469. The Hall–Kier alpha value is -1.41. The molecule has 0 fully saturated rings. The average molecular weight is 219 g/mol. The molecular weight excluding hydrogens is 208 g/mol. The maximum absolute atomic E-state index is 5.86. The van der Waals surface area contributed by atoms with Crippen LogP contribution < -0.4 is 10.6 Å². The SMILES string of the molecule is ClCC1Nc2cccc3cccc(c23)N1. The molecule has 76 valence electrons. The first kappa shape index (κ1) is 8.86. The highest BCUT2D eigenvalue weighted by atomic mass is 35.5. The minimum absolute atomic E-state index is 0.118. The standard InChI is InChI=1S/C12H11ClN2/c13-7-11-14-9-5-1-3-8-4-2-6-10(15-11)12(8)9/h1-6,11,14-15H,7H2. The molecule has 2 aromatic carbocycles. The van der Waals surface area contributed by atoms with Crippen molar-refractivity contribution in [3.05, 3.63) is 36.4 Å². The lowest BCUT2D eigenvalue weighted by molar-refractivity contribution is 0.919. The van der Waals surface area contributed by atoms with E-state index in [0.717, 1.165) is 11.4 Å². The first-order valence-corrected chi connectivity index (χ1v) is 5.53. The van der Waals surface area contributed by atoms with E-state index < -0.39 is 0 Å². The summed E-state index contributed by atoms with van der Waals surface area (Å²) >= 11 is 5.86. The van der Waals surface area contributed by atoms with E-state index in [0.29, 0.717) is 5.88 Å². The maximum atomic E-state index is 5.86. The molecule has 0 amide bonds. The van der Waals surface area contributed by atoms with Crippen LogP contribution in [0.5, 0.6) is 0 Å². The van der Waals surface area contributed by atoms with Crippen LogP contribution >= 0.6 is 11.6 Å². The van der Waals surface area contributed by atoms with Crippen LogP contribution in [0.3, 0.4) is 0 Å². The number of anilines is 2. The Labute approximate surface area is 93.2 Å². The van der Waals surface area contributed by atoms with Crippen molar-refractivity contribution >= 4 is 33.7 Å². The highest BCUT2D eigenvalue weighted by molar-refractivity contribution is 6.19. The van der Waals surface area contributed by atoms with Crippen molar-refractivity contribution in [1.82, 2.24) is 0 Å². The van der Waals surface area contributed by atoms with Crippen LogP contribution in [-0.2, 0) is 0 Å². The number of hydrogen-bond donors (Lipinski definition) is 2. The van der Waals surface area contributed by atoms with E-state index >= 15 is 0 Å². The molecule has 1 aliphatic heterocycles. The van der Waals surface area contributed by atoms with Gasteiger partial charge in [0.15, 0.2) is 0 Å². The third kappa shape index (κ3) is 1.33. The van der Waals surface area contributed by atoms with Crippen LogP contribution in [0.25, 0.3) is 10.8 Å². The van der Waals surface area contributed by atoms with Crippen molar-refractivity contribution in [2.75, 3.05) is 16.5 Å². The second-order valence-electron chi connectivity index (χ2n) is 3.70. The first-order chi connectivity index (χ1) is 7.38. The van der Waals surface area contributed by atoms with Crippen LogP contribution in [0.1, 0.15) is 0 Å². The van der Waals surface area contributed by atoms with Crippen molar-refractivity contribution in [2.24, 2.45) is 0 Å². The summed E-state index contributed by atoms with van der Waals surface area (Å²) in [5, 5.41) is 9.24. The molecule has 1 heterocycles. The lowest BCUT2D eigenvalue weighted by atomic mass is 10.0. The van der Waals surface area contributed by atoms with Crippen LogP contribution in [0.2, 0.25) is 0 Å². The number of benzene rings is 2. The van der Waals surface area contributed by atoms with Gasteiger partial charge in [-0.3, -0.25) is 0 Å². The van der Waals surface area contributed by atoms with Gasteiger partial charge in [0.25, 0.3) is 0 Å². The van der Waals surface area contributed by atoms with Crippen LogP contribution in [0.15, 0.2) is 36.4 Å². The topological polar surface area (TPSA) is 24.1 Å². The smallest absolute Gasteiger partial charge is 0.110 e. The molecule has 0 spiro atoms. The molecule has 1 aliphatic rings. The normalized spacial score (nSPS) is 14.7. The molecule has 0 saturated carbocycles. The third-order valence-corrected chi connectivity index (χ3v) is 3.03. The molecule has 0 radical (unpaired) electrons. The van der Waals surface area contributed by atoms with Gasteiger partial charge in [-0.05, 0) is 17.5 Å². The lowest BCUT2D eigenvalue weighted by Gasteiger charge is -2.27. The molecule has 15 heavy (non-hydrogen) atoms. The van der Waals surface area contributed by atoms with Crippen molar-refractivity contribution in [1.29, 1.82) is 0 Å². The van der Waals surface area contributed by atoms with Crippen LogP contribution in [0.4, 0.5) is 11.4 Å². The second-order valence-corrected chi connectivity index (χ2v) is 4.01. The summed E-state index contributed by atoms with van der Waals surface area (Å²) in [6.45, 7) is 0. The van der Waals surface area contributed by atoms with E-state index in [4.69, 9.17) is 11.6 Å². The summed E-state index contributed by atoms with van der Waals surface area (Å²) < 4.78 is 0. The zero-order valence-electron chi connectivity index (χ0n) is 8.13. The molecule has 2 N–H and O–H groups in total. The van der Waals surface area contributed by atoms with E-state index in [1.54, 1.807) is 0 Å². The zero-order chi connectivity index (χ0) is 10.3. The van der Waals surface area contributed by atoms with Crippen molar-refractivity contribution in [2.45, 2.75) is 6.17 Å².